The van der Waals surface area contributed by atoms with Gasteiger partial charge in [-0.15, -0.1) is 0 Å². The van der Waals surface area contributed by atoms with Crippen molar-refractivity contribution in [2.45, 2.75) is 12.8 Å². The number of nitrogens with one attached hydrogen (secondary N) is 1. The fraction of sp³-hybridized carbons (Fsp3) is 0.0870. The zero-order valence-corrected chi connectivity index (χ0v) is 15.6. The molecule has 0 saturated carbocycles. The van der Waals surface area contributed by atoms with Gasteiger partial charge in [0.2, 0.25) is 0 Å². The zero-order chi connectivity index (χ0) is 20.4. The Bertz CT molecular complexity index is 1190. The van der Waals surface area contributed by atoms with E-state index < -0.39 is 5.92 Å². The van der Waals surface area contributed by atoms with Gasteiger partial charge in [0.25, 0.3) is 11.8 Å². The summed E-state index contributed by atoms with van der Waals surface area (Å²) in [6.45, 7) is 0.861. The molecular formula is C23H17F2N3O. The van der Waals surface area contributed by atoms with E-state index in [9.17, 15) is 13.6 Å². The number of amides is 1. The zero-order valence-electron chi connectivity index (χ0n) is 15.6. The molecule has 2 aromatic carbocycles. The van der Waals surface area contributed by atoms with Crippen LogP contribution >= 0.6 is 0 Å². The maximum Gasteiger partial charge on any atom is 0.270 e. The number of alkyl halides is 2. The summed E-state index contributed by atoms with van der Waals surface area (Å²) in [4.78, 5) is 21.5. The van der Waals surface area contributed by atoms with Crippen LogP contribution in [0.25, 0.3) is 22.2 Å². The Morgan fingerprint density at radius 2 is 1.79 bits per heavy atom. The Morgan fingerprint density at radius 1 is 0.966 bits per heavy atom. The number of nitrogens with zero attached hydrogens (tertiary/aromatic N) is 2. The van der Waals surface area contributed by atoms with E-state index in [2.05, 4.69) is 15.3 Å². The highest BCUT2D eigenvalue weighted by molar-refractivity contribution is 6.11. The van der Waals surface area contributed by atoms with Crippen LogP contribution in [0, 0.1) is 0 Å². The maximum absolute atomic E-state index is 13.7. The summed E-state index contributed by atoms with van der Waals surface area (Å²) in [6.07, 6.45) is 1.59. The number of rotatable bonds is 4. The highest BCUT2D eigenvalue weighted by Crippen LogP contribution is 2.31. The molecule has 0 bridgehead atoms. The average molecular weight is 389 g/mol. The lowest BCUT2D eigenvalue weighted by Crippen LogP contribution is -2.13. The van der Waals surface area contributed by atoms with Gasteiger partial charge in [-0.2, -0.15) is 0 Å². The molecule has 144 valence electrons. The molecule has 1 N–H and O–H groups in total. The van der Waals surface area contributed by atoms with Crippen LogP contribution in [0.1, 0.15) is 22.8 Å². The maximum atomic E-state index is 13.7. The van der Waals surface area contributed by atoms with Crippen molar-refractivity contribution in [2.75, 3.05) is 5.32 Å². The minimum absolute atomic E-state index is 0.0851. The van der Waals surface area contributed by atoms with Crippen LogP contribution in [0.15, 0.2) is 79.0 Å². The fourth-order valence-corrected chi connectivity index (χ4v) is 3.06. The SMILES string of the molecule is CC(F)(F)c1cccc(-c2ccc3cccc(C(=O)Nc4ccccn4)c3n2)c1. The fourth-order valence-electron chi connectivity index (χ4n) is 3.06. The van der Waals surface area contributed by atoms with Gasteiger partial charge in [0.1, 0.15) is 5.82 Å². The van der Waals surface area contributed by atoms with Gasteiger partial charge >= 0.3 is 0 Å². The summed E-state index contributed by atoms with van der Waals surface area (Å²) in [6, 6.07) is 20.2. The monoisotopic (exact) mass is 389 g/mol. The number of carbonyl (C=O) groups is 1. The third-order valence-corrected chi connectivity index (χ3v) is 4.54. The summed E-state index contributed by atoms with van der Waals surface area (Å²) < 4.78 is 27.4. The van der Waals surface area contributed by atoms with Crippen LogP contribution in [0.4, 0.5) is 14.6 Å². The van der Waals surface area contributed by atoms with E-state index in [0.717, 1.165) is 12.3 Å². The Labute approximate surface area is 166 Å². The van der Waals surface area contributed by atoms with E-state index in [1.165, 1.54) is 12.1 Å². The van der Waals surface area contributed by atoms with Crippen LogP contribution in [0.2, 0.25) is 0 Å². The minimum atomic E-state index is -2.94. The predicted octanol–water partition coefficient (Wildman–Crippen LogP) is 5.66. The number of benzene rings is 2. The predicted molar refractivity (Wildman–Crippen MR) is 109 cm³/mol. The van der Waals surface area contributed by atoms with Crippen LogP contribution in [0.5, 0.6) is 0 Å². The molecule has 0 unspecified atom stereocenters. The van der Waals surface area contributed by atoms with Gasteiger partial charge in [0.05, 0.1) is 16.8 Å². The van der Waals surface area contributed by atoms with Crippen molar-refractivity contribution >= 4 is 22.6 Å². The Morgan fingerprint density at radius 3 is 2.55 bits per heavy atom. The number of pyridine rings is 2. The number of para-hydroxylation sites is 1. The molecule has 0 radical (unpaired) electrons. The molecule has 4 nitrogen and oxygen atoms in total. The van der Waals surface area contributed by atoms with Gasteiger partial charge in [-0.05, 0) is 30.3 Å². The molecule has 0 atom stereocenters. The first-order valence-electron chi connectivity index (χ1n) is 9.03. The second-order valence-corrected chi connectivity index (χ2v) is 6.71. The minimum Gasteiger partial charge on any atom is -0.306 e. The molecule has 0 aliphatic carbocycles. The molecule has 2 aromatic heterocycles. The van der Waals surface area contributed by atoms with E-state index in [1.54, 1.807) is 54.7 Å². The summed E-state index contributed by atoms with van der Waals surface area (Å²) >= 11 is 0. The summed E-state index contributed by atoms with van der Waals surface area (Å²) in [5.41, 5.74) is 1.87. The van der Waals surface area contributed by atoms with Crippen molar-refractivity contribution in [2.24, 2.45) is 0 Å². The van der Waals surface area contributed by atoms with Crippen LogP contribution < -0.4 is 5.32 Å². The lowest BCUT2D eigenvalue weighted by Gasteiger charge is -2.12. The number of hydrogen-bond donors (Lipinski definition) is 1. The smallest absolute Gasteiger partial charge is 0.270 e. The molecule has 2 heterocycles. The lowest BCUT2D eigenvalue weighted by atomic mass is 10.0. The van der Waals surface area contributed by atoms with Crippen LogP contribution in [0.3, 0.4) is 0 Å². The second-order valence-electron chi connectivity index (χ2n) is 6.71. The number of carbonyl (C=O) groups excluding carboxylic acids is 1. The third-order valence-electron chi connectivity index (χ3n) is 4.54. The highest BCUT2D eigenvalue weighted by atomic mass is 19.3. The summed E-state index contributed by atoms with van der Waals surface area (Å²) in [5.74, 6) is -2.85. The number of fused-ring (bicyclic) bond motifs is 1. The number of halogens is 2. The largest absolute Gasteiger partial charge is 0.306 e. The molecule has 0 spiro atoms. The topological polar surface area (TPSA) is 54.9 Å². The van der Waals surface area contributed by atoms with Gasteiger partial charge in [-0.25, -0.2) is 18.7 Å². The van der Waals surface area contributed by atoms with Gasteiger partial charge in [-0.1, -0.05) is 42.5 Å². The Balaban J connectivity index is 1.76. The quantitative estimate of drug-likeness (QED) is 0.490. The third kappa shape index (κ3) is 3.96. The summed E-state index contributed by atoms with van der Waals surface area (Å²) in [5, 5.41) is 3.53. The van der Waals surface area contributed by atoms with E-state index >= 15 is 0 Å². The second kappa shape index (κ2) is 7.39. The van der Waals surface area contributed by atoms with E-state index in [1.807, 2.05) is 12.1 Å². The first-order valence-corrected chi connectivity index (χ1v) is 9.03. The molecule has 0 aliphatic rings. The molecular weight excluding hydrogens is 372 g/mol. The summed E-state index contributed by atoms with van der Waals surface area (Å²) in [7, 11) is 0. The molecule has 4 aromatic rings. The van der Waals surface area contributed by atoms with Crippen molar-refractivity contribution in [3.05, 3.63) is 90.1 Å². The first-order chi connectivity index (χ1) is 13.9. The Hall–Kier alpha value is -3.67. The number of aromatic nitrogens is 2. The van der Waals surface area contributed by atoms with Crippen molar-refractivity contribution in [3.63, 3.8) is 0 Å². The molecule has 1 amide bonds. The first kappa shape index (κ1) is 18.7. The molecule has 0 saturated heterocycles. The Kier molecular flexibility index (Phi) is 4.76. The average Bonchev–Trinajstić information content (AvgIpc) is 2.73. The van der Waals surface area contributed by atoms with E-state index in [4.69, 9.17) is 0 Å². The molecule has 6 heteroatoms. The van der Waals surface area contributed by atoms with Crippen molar-refractivity contribution in [1.82, 2.24) is 9.97 Å². The van der Waals surface area contributed by atoms with Gasteiger partial charge in [-0.3, -0.25) is 4.79 Å². The van der Waals surface area contributed by atoms with Crippen LogP contribution in [-0.4, -0.2) is 15.9 Å². The van der Waals surface area contributed by atoms with Crippen molar-refractivity contribution in [1.29, 1.82) is 0 Å². The van der Waals surface area contributed by atoms with Crippen molar-refractivity contribution in [3.8, 4) is 11.3 Å². The lowest BCUT2D eigenvalue weighted by molar-refractivity contribution is 0.0175. The molecule has 0 aliphatic heterocycles. The molecule has 29 heavy (non-hydrogen) atoms. The molecule has 4 rings (SSSR count). The number of anilines is 1. The van der Waals surface area contributed by atoms with Crippen molar-refractivity contribution < 1.29 is 13.6 Å². The molecule has 0 fully saturated rings. The van der Waals surface area contributed by atoms with Gasteiger partial charge in [0.15, 0.2) is 0 Å². The standard InChI is InChI=1S/C23H17F2N3O/c1-23(24,25)17-8-4-7-16(14-17)19-12-11-15-6-5-9-18(21(15)27-19)22(29)28-20-10-2-3-13-26-20/h2-14H,1H3,(H,26,28,29). The van der Waals surface area contributed by atoms with Gasteiger partial charge < -0.3 is 5.32 Å². The van der Waals surface area contributed by atoms with E-state index in [0.29, 0.717) is 28.2 Å². The normalized spacial score (nSPS) is 11.4. The van der Waals surface area contributed by atoms with E-state index in [-0.39, 0.29) is 11.5 Å². The highest BCUT2D eigenvalue weighted by Gasteiger charge is 2.24. The van der Waals surface area contributed by atoms with Gasteiger partial charge in [0, 0.05) is 29.6 Å². The number of hydrogen-bond acceptors (Lipinski definition) is 3. The van der Waals surface area contributed by atoms with Crippen LogP contribution in [-0.2, 0) is 5.92 Å².